The van der Waals surface area contributed by atoms with Crippen LogP contribution in [0.5, 0.6) is 5.75 Å². The van der Waals surface area contributed by atoms with Gasteiger partial charge in [-0.3, -0.25) is 19.1 Å². The highest BCUT2D eigenvalue weighted by Crippen LogP contribution is 2.21. The van der Waals surface area contributed by atoms with Gasteiger partial charge in [0.15, 0.2) is 5.69 Å². The largest absolute Gasteiger partial charge is 0.489 e. The Morgan fingerprint density at radius 3 is 2.43 bits per heavy atom. The van der Waals surface area contributed by atoms with Crippen LogP contribution in [0.25, 0.3) is 0 Å². The lowest BCUT2D eigenvalue weighted by Crippen LogP contribution is -2.39. The molecule has 0 aliphatic rings. The number of nitrogen functional groups attached to an aromatic ring is 1. The number of hydrogen-bond acceptors (Lipinski definition) is 7. The first-order valence-electron chi connectivity index (χ1n) is 10.9. The van der Waals surface area contributed by atoms with Crippen molar-refractivity contribution in [3.63, 3.8) is 0 Å². The molecule has 0 saturated carbocycles. The molecule has 2 heterocycles. The summed E-state index contributed by atoms with van der Waals surface area (Å²) in [5.74, 6) is 0.674. The van der Waals surface area contributed by atoms with E-state index < -0.39 is 17.2 Å². The number of anilines is 2. The summed E-state index contributed by atoms with van der Waals surface area (Å²) in [5, 5.41) is 3.90. The fourth-order valence-electron chi connectivity index (χ4n) is 3.68. The summed E-state index contributed by atoms with van der Waals surface area (Å²) in [6, 6.07) is 15.7. The molecule has 0 saturated heterocycles. The second kappa shape index (κ2) is 9.72. The summed E-state index contributed by atoms with van der Waals surface area (Å²) in [4.78, 5) is 41.5. The van der Waals surface area contributed by atoms with Gasteiger partial charge in [0, 0.05) is 12.6 Å². The highest BCUT2D eigenvalue weighted by Gasteiger charge is 2.22. The number of nitrogens with zero attached hydrogens (tertiary/aromatic N) is 3. The maximum atomic E-state index is 13.1. The van der Waals surface area contributed by atoms with E-state index >= 15 is 0 Å². The van der Waals surface area contributed by atoms with Gasteiger partial charge in [0.25, 0.3) is 11.5 Å². The minimum Gasteiger partial charge on any atom is -0.489 e. The molecule has 10 nitrogen and oxygen atoms in total. The van der Waals surface area contributed by atoms with Gasteiger partial charge < -0.3 is 19.9 Å². The van der Waals surface area contributed by atoms with Crippen molar-refractivity contribution >= 4 is 17.4 Å². The molecule has 0 atom stereocenters. The number of benzene rings is 2. The number of aromatic nitrogens is 3. The van der Waals surface area contributed by atoms with Crippen LogP contribution in [0, 0.1) is 13.8 Å². The van der Waals surface area contributed by atoms with E-state index in [1.807, 2.05) is 44.2 Å². The van der Waals surface area contributed by atoms with E-state index in [1.54, 1.807) is 24.3 Å². The van der Waals surface area contributed by atoms with Crippen LogP contribution in [0.15, 0.2) is 68.7 Å². The number of nitrogens with two attached hydrogens (primary N) is 1. The van der Waals surface area contributed by atoms with Gasteiger partial charge in [-0.1, -0.05) is 35.5 Å². The number of aryl methyl sites for hydroxylation is 2. The van der Waals surface area contributed by atoms with Crippen LogP contribution in [0.4, 0.5) is 11.5 Å². The Morgan fingerprint density at radius 2 is 1.80 bits per heavy atom. The van der Waals surface area contributed by atoms with Crippen molar-refractivity contribution in [2.45, 2.75) is 27.0 Å². The van der Waals surface area contributed by atoms with Crippen molar-refractivity contribution in [3.05, 3.63) is 104 Å². The smallest absolute Gasteiger partial charge is 0.330 e. The lowest BCUT2D eigenvalue weighted by molar-refractivity contribution is 0.0992. The zero-order valence-corrected chi connectivity index (χ0v) is 19.6. The lowest BCUT2D eigenvalue weighted by Gasteiger charge is -2.20. The predicted octanol–water partition coefficient (Wildman–Crippen LogP) is 2.63. The van der Waals surface area contributed by atoms with Crippen LogP contribution in [0.2, 0.25) is 0 Å². The summed E-state index contributed by atoms with van der Waals surface area (Å²) < 4.78 is 12.1. The highest BCUT2D eigenvalue weighted by molar-refractivity contribution is 6.06. The molecule has 0 bridgehead atoms. The molecule has 35 heavy (non-hydrogen) atoms. The molecule has 180 valence electrons. The SMILES string of the molecule is Cc1noc(C)c1COc1ccc(C(=O)N(C)c2c(N)n(Cc3ccccc3)c(=O)[nH]c2=O)cc1. The molecule has 10 heteroatoms. The van der Waals surface area contributed by atoms with Gasteiger partial charge in [-0.25, -0.2) is 4.79 Å². The summed E-state index contributed by atoms with van der Waals surface area (Å²) in [6.45, 7) is 4.08. The Labute approximate surface area is 200 Å². The van der Waals surface area contributed by atoms with Crippen molar-refractivity contribution in [1.29, 1.82) is 0 Å². The number of hydrogen-bond donors (Lipinski definition) is 2. The van der Waals surface area contributed by atoms with Crippen LogP contribution >= 0.6 is 0 Å². The third-order valence-corrected chi connectivity index (χ3v) is 5.70. The van der Waals surface area contributed by atoms with Crippen molar-refractivity contribution in [2.75, 3.05) is 17.7 Å². The van der Waals surface area contributed by atoms with Crippen molar-refractivity contribution in [1.82, 2.24) is 14.7 Å². The number of carbonyl (C=O) groups excluding carboxylic acids is 1. The maximum absolute atomic E-state index is 13.1. The molecule has 0 fully saturated rings. The quantitative estimate of drug-likeness (QED) is 0.419. The van der Waals surface area contributed by atoms with E-state index in [1.165, 1.54) is 11.6 Å². The molecule has 0 aliphatic carbocycles. The zero-order chi connectivity index (χ0) is 25.1. The van der Waals surface area contributed by atoms with E-state index in [2.05, 4.69) is 10.1 Å². The number of carbonyl (C=O) groups is 1. The number of H-pyrrole nitrogens is 1. The molecule has 0 spiro atoms. The van der Waals surface area contributed by atoms with E-state index in [4.69, 9.17) is 15.0 Å². The molecule has 1 amide bonds. The number of ether oxygens (including phenoxy) is 1. The van der Waals surface area contributed by atoms with Crippen molar-refractivity contribution in [3.8, 4) is 5.75 Å². The van der Waals surface area contributed by atoms with Crippen LogP contribution in [-0.4, -0.2) is 27.7 Å². The normalized spacial score (nSPS) is 10.8. The fourth-order valence-corrected chi connectivity index (χ4v) is 3.68. The molecule has 4 rings (SSSR count). The van der Waals surface area contributed by atoms with E-state index in [9.17, 15) is 14.4 Å². The zero-order valence-electron chi connectivity index (χ0n) is 19.6. The van der Waals surface area contributed by atoms with Gasteiger partial charge >= 0.3 is 5.69 Å². The van der Waals surface area contributed by atoms with E-state index in [0.29, 0.717) is 17.1 Å². The molecule has 0 aliphatic heterocycles. The van der Waals surface area contributed by atoms with Crippen LogP contribution in [0.3, 0.4) is 0 Å². The summed E-state index contributed by atoms with van der Waals surface area (Å²) in [7, 11) is 1.43. The first-order valence-corrected chi connectivity index (χ1v) is 10.9. The second-order valence-electron chi connectivity index (χ2n) is 8.04. The minimum absolute atomic E-state index is 0.0992. The van der Waals surface area contributed by atoms with Gasteiger partial charge in [0.1, 0.15) is 23.9 Å². The standard InChI is InChI=1S/C25H25N5O5/c1-15-20(16(2)35-28-15)14-34-19-11-9-18(10-12-19)24(32)29(3)21-22(26)30(25(33)27-23(21)31)13-17-7-5-4-6-8-17/h4-12H,13-14,26H2,1-3H3,(H,27,31,33). The summed E-state index contributed by atoms with van der Waals surface area (Å²) in [5.41, 5.74) is 7.46. The predicted molar refractivity (Wildman–Crippen MR) is 131 cm³/mol. The lowest BCUT2D eigenvalue weighted by atomic mass is 10.2. The number of amides is 1. The molecule has 0 unspecified atom stereocenters. The molecule has 3 N–H and O–H groups in total. The molecule has 4 aromatic rings. The Balaban J connectivity index is 1.54. The van der Waals surface area contributed by atoms with Gasteiger partial charge in [0.05, 0.1) is 17.8 Å². The fraction of sp³-hybridized carbons (Fsp3) is 0.200. The van der Waals surface area contributed by atoms with Crippen LogP contribution < -0.4 is 26.6 Å². The Bertz CT molecular complexity index is 1450. The van der Waals surface area contributed by atoms with Crippen molar-refractivity contribution in [2.24, 2.45) is 0 Å². The highest BCUT2D eigenvalue weighted by atomic mass is 16.5. The number of rotatable bonds is 7. The van der Waals surface area contributed by atoms with E-state index in [-0.39, 0.29) is 24.7 Å². The van der Waals surface area contributed by atoms with Gasteiger partial charge in [0.2, 0.25) is 0 Å². The molecule has 2 aromatic carbocycles. The van der Waals surface area contributed by atoms with Gasteiger partial charge in [-0.15, -0.1) is 0 Å². The Hall–Kier alpha value is -4.60. The number of aromatic amines is 1. The summed E-state index contributed by atoms with van der Waals surface area (Å²) >= 11 is 0. The molecular formula is C25H25N5O5. The first-order chi connectivity index (χ1) is 16.8. The van der Waals surface area contributed by atoms with Gasteiger partial charge in [-0.05, 0) is 43.7 Å². The molecule has 2 aromatic heterocycles. The Kier molecular flexibility index (Phi) is 6.54. The van der Waals surface area contributed by atoms with E-state index in [0.717, 1.165) is 21.7 Å². The third-order valence-electron chi connectivity index (χ3n) is 5.70. The average molecular weight is 476 g/mol. The third kappa shape index (κ3) is 4.86. The van der Waals surface area contributed by atoms with Crippen LogP contribution in [-0.2, 0) is 13.2 Å². The topological polar surface area (TPSA) is 136 Å². The average Bonchev–Trinajstić information content (AvgIpc) is 3.17. The second-order valence-corrected chi connectivity index (χ2v) is 8.04. The van der Waals surface area contributed by atoms with Crippen molar-refractivity contribution < 1.29 is 14.1 Å². The number of nitrogens with one attached hydrogen (secondary N) is 1. The minimum atomic E-state index is -0.743. The van der Waals surface area contributed by atoms with Crippen LogP contribution in [0.1, 0.15) is 32.9 Å². The first kappa shape index (κ1) is 23.6. The van der Waals surface area contributed by atoms with Gasteiger partial charge in [-0.2, -0.15) is 0 Å². The maximum Gasteiger partial charge on any atom is 0.330 e. The molecule has 0 radical (unpaired) electrons. The Morgan fingerprint density at radius 1 is 1.11 bits per heavy atom. The molecular weight excluding hydrogens is 450 g/mol. The summed E-state index contributed by atoms with van der Waals surface area (Å²) in [6.07, 6.45) is 0. The monoisotopic (exact) mass is 475 g/mol.